The Kier molecular flexibility index (Phi) is 5.87. The van der Waals surface area contributed by atoms with Gasteiger partial charge in [0.1, 0.15) is 0 Å². The third-order valence-electron chi connectivity index (χ3n) is 2.60. The lowest BCUT2D eigenvalue weighted by atomic mass is 10.1. The van der Waals surface area contributed by atoms with E-state index in [1.165, 1.54) is 0 Å². The van der Waals surface area contributed by atoms with Crippen molar-refractivity contribution >= 4 is 15.7 Å². The van der Waals surface area contributed by atoms with E-state index in [-0.39, 0.29) is 12.3 Å². The van der Waals surface area contributed by atoms with Gasteiger partial charge in [-0.25, -0.2) is 8.42 Å². The van der Waals surface area contributed by atoms with Crippen LogP contribution in [0.4, 0.5) is 5.69 Å². The van der Waals surface area contributed by atoms with Crippen molar-refractivity contribution in [2.24, 2.45) is 5.73 Å². The number of aryl methyl sites for hydroxylation is 1. The van der Waals surface area contributed by atoms with Gasteiger partial charge in [-0.3, -0.25) is 4.72 Å². The van der Waals surface area contributed by atoms with Crippen LogP contribution in [0.1, 0.15) is 30.9 Å². The van der Waals surface area contributed by atoms with Crippen molar-refractivity contribution in [3.05, 3.63) is 29.3 Å². The Bertz CT molecular complexity index is 583. The van der Waals surface area contributed by atoms with E-state index in [9.17, 15) is 8.42 Å². The quantitative estimate of drug-likeness (QED) is 0.808. The lowest BCUT2D eigenvalue weighted by molar-refractivity contribution is 0.598. The zero-order chi connectivity index (χ0) is 14.3. The van der Waals surface area contributed by atoms with Crippen molar-refractivity contribution in [1.29, 1.82) is 0 Å². The molecular formula is C14H20N2O2S. The summed E-state index contributed by atoms with van der Waals surface area (Å²) in [5.74, 6) is 5.78. The normalized spacial score (nSPS) is 10.7. The third kappa shape index (κ3) is 5.33. The summed E-state index contributed by atoms with van der Waals surface area (Å²) in [5, 5.41) is 0. The predicted octanol–water partition coefficient (Wildman–Crippen LogP) is 1.85. The Labute approximate surface area is 115 Å². The molecule has 0 fully saturated rings. The van der Waals surface area contributed by atoms with Crippen LogP contribution in [0, 0.1) is 18.8 Å². The van der Waals surface area contributed by atoms with Crippen LogP contribution in [0.25, 0.3) is 0 Å². The molecule has 1 aromatic carbocycles. The molecule has 0 unspecified atom stereocenters. The Hall–Kier alpha value is -1.51. The van der Waals surface area contributed by atoms with Crippen molar-refractivity contribution in [1.82, 2.24) is 0 Å². The number of hydrogen-bond donors (Lipinski definition) is 2. The smallest absolute Gasteiger partial charge is 0.232 e. The summed E-state index contributed by atoms with van der Waals surface area (Å²) in [7, 11) is -3.28. The van der Waals surface area contributed by atoms with E-state index in [0.717, 1.165) is 17.5 Å². The first-order valence-electron chi connectivity index (χ1n) is 6.28. The second-order valence-corrected chi connectivity index (χ2v) is 6.15. The zero-order valence-electron chi connectivity index (χ0n) is 11.4. The van der Waals surface area contributed by atoms with Crippen LogP contribution in [0.5, 0.6) is 0 Å². The van der Waals surface area contributed by atoms with E-state index in [1.807, 2.05) is 26.0 Å². The summed E-state index contributed by atoms with van der Waals surface area (Å²) in [6.45, 7) is 4.10. The Morgan fingerprint density at radius 1 is 1.37 bits per heavy atom. The largest absolute Gasteiger partial charge is 0.320 e. The monoisotopic (exact) mass is 280 g/mol. The Balaban J connectivity index is 2.94. The Morgan fingerprint density at radius 3 is 2.74 bits per heavy atom. The second-order valence-electron chi connectivity index (χ2n) is 4.31. The van der Waals surface area contributed by atoms with Gasteiger partial charge in [0.25, 0.3) is 0 Å². The molecule has 0 radical (unpaired) electrons. The molecule has 0 saturated heterocycles. The molecule has 0 aliphatic heterocycles. The van der Waals surface area contributed by atoms with Crippen molar-refractivity contribution in [3.8, 4) is 11.8 Å². The fraction of sp³-hybridized carbons (Fsp3) is 0.429. The topological polar surface area (TPSA) is 72.2 Å². The third-order valence-corrected chi connectivity index (χ3v) is 3.96. The first-order chi connectivity index (χ1) is 8.98. The van der Waals surface area contributed by atoms with Crippen LogP contribution in [-0.2, 0) is 10.0 Å². The van der Waals surface area contributed by atoms with Gasteiger partial charge >= 0.3 is 0 Å². The van der Waals surface area contributed by atoms with Gasteiger partial charge < -0.3 is 5.73 Å². The van der Waals surface area contributed by atoms with Crippen LogP contribution < -0.4 is 10.5 Å². The average molecular weight is 280 g/mol. The highest BCUT2D eigenvalue weighted by atomic mass is 32.2. The van der Waals surface area contributed by atoms with E-state index in [0.29, 0.717) is 12.1 Å². The molecule has 0 aliphatic rings. The first kappa shape index (κ1) is 15.5. The van der Waals surface area contributed by atoms with Gasteiger partial charge in [0, 0.05) is 5.56 Å². The highest BCUT2D eigenvalue weighted by Crippen LogP contribution is 2.18. The fourth-order valence-corrected chi connectivity index (χ4v) is 2.84. The molecule has 1 rings (SSSR count). The minimum atomic E-state index is -3.28. The van der Waals surface area contributed by atoms with Crippen LogP contribution in [0.2, 0.25) is 0 Å². The standard InChI is InChI=1S/C14H20N2O2S/c1-3-4-10-19(17,18)16-14-11-13(6-5-9-15)8-7-12(14)2/h7-8,11,16H,3-4,9-10,15H2,1-2H3. The predicted molar refractivity (Wildman–Crippen MR) is 79.4 cm³/mol. The molecule has 0 bridgehead atoms. The highest BCUT2D eigenvalue weighted by Gasteiger charge is 2.11. The number of rotatable bonds is 5. The van der Waals surface area contributed by atoms with E-state index in [2.05, 4.69) is 16.6 Å². The molecule has 0 amide bonds. The number of sulfonamides is 1. The fourth-order valence-electron chi connectivity index (χ4n) is 1.52. The second kappa shape index (κ2) is 7.17. The van der Waals surface area contributed by atoms with Gasteiger partial charge in [0.15, 0.2) is 0 Å². The molecule has 0 heterocycles. The number of nitrogens with two attached hydrogens (primary N) is 1. The molecule has 19 heavy (non-hydrogen) atoms. The summed E-state index contributed by atoms with van der Waals surface area (Å²) in [6.07, 6.45) is 1.50. The molecule has 0 aliphatic carbocycles. The maximum atomic E-state index is 11.9. The minimum Gasteiger partial charge on any atom is -0.320 e. The zero-order valence-corrected chi connectivity index (χ0v) is 12.2. The van der Waals surface area contributed by atoms with E-state index >= 15 is 0 Å². The molecule has 0 saturated carbocycles. The first-order valence-corrected chi connectivity index (χ1v) is 7.94. The molecule has 0 spiro atoms. The van der Waals surface area contributed by atoms with Gasteiger partial charge in [0.05, 0.1) is 18.0 Å². The number of benzene rings is 1. The van der Waals surface area contributed by atoms with Gasteiger partial charge in [0.2, 0.25) is 10.0 Å². The number of nitrogens with one attached hydrogen (secondary N) is 1. The average Bonchev–Trinajstić information content (AvgIpc) is 2.37. The summed E-state index contributed by atoms with van der Waals surface area (Å²) in [6, 6.07) is 5.43. The van der Waals surface area contributed by atoms with E-state index in [4.69, 9.17) is 5.73 Å². The molecular weight excluding hydrogens is 260 g/mol. The van der Waals surface area contributed by atoms with Gasteiger partial charge in [-0.05, 0) is 31.0 Å². The molecule has 3 N–H and O–H groups in total. The van der Waals surface area contributed by atoms with Gasteiger partial charge in [-0.2, -0.15) is 0 Å². The number of unbranched alkanes of at least 4 members (excludes halogenated alkanes) is 1. The van der Waals surface area contributed by atoms with Gasteiger partial charge in [-0.15, -0.1) is 0 Å². The molecule has 0 atom stereocenters. The summed E-state index contributed by atoms with van der Waals surface area (Å²) in [4.78, 5) is 0. The van der Waals surface area contributed by atoms with Crippen LogP contribution in [-0.4, -0.2) is 20.7 Å². The molecule has 4 nitrogen and oxygen atoms in total. The van der Waals surface area contributed by atoms with Gasteiger partial charge in [-0.1, -0.05) is 31.3 Å². The van der Waals surface area contributed by atoms with Crippen molar-refractivity contribution < 1.29 is 8.42 Å². The number of anilines is 1. The van der Waals surface area contributed by atoms with E-state index < -0.39 is 10.0 Å². The van der Waals surface area contributed by atoms with Crippen LogP contribution in [0.15, 0.2) is 18.2 Å². The molecule has 5 heteroatoms. The lowest BCUT2D eigenvalue weighted by Gasteiger charge is -2.10. The lowest BCUT2D eigenvalue weighted by Crippen LogP contribution is -2.17. The maximum Gasteiger partial charge on any atom is 0.232 e. The highest BCUT2D eigenvalue weighted by molar-refractivity contribution is 7.92. The summed E-state index contributed by atoms with van der Waals surface area (Å²) >= 11 is 0. The van der Waals surface area contributed by atoms with E-state index in [1.54, 1.807) is 6.07 Å². The Morgan fingerprint density at radius 2 is 2.11 bits per heavy atom. The maximum absolute atomic E-state index is 11.9. The SMILES string of the molecule is CCCCS(=O)(=O)Nc1cc(C#CCN)ccc1C. The summed E-state index contributed by atoms with van der Waals surface area (Å²) < 4.78 is 26.3. The minimum absolute atomic E-state index is 0.141. The number of hydrogen-bond acceptors (Lipinski definition) is 3. The van der Waals surface area contributed by atoms with Crippen molar-refractivity contribution in [2.45, 2.75) is 26.7 Å². The van der Waals surface area contributed by atoms with Crippen LogP contribution in [0.3, 0.4) is 0 Å². The van der Waals surface area contributed by atoms with Crippen molar-refractivity contribution in [3.63, 3.8) is 0 Å². The summed E-state index contributed by atoms with van der Waals surface area (Å²) in [5.41, 5.74) is 7.53. The molecule has 104 valence electrons. The molecule has 0 aromatic heterocycles. The molecule has 1 aromatic rings. The van der Waals surface area contributed by atoms with Crippen LogP contribution >= 0.6 is 0 Å². The van der Waals surface area contributed by atoms with Crippen molar-refractivity contribution in [2.75, 3.05) is 17.0 Å².